The molecule has 6 nitrogen and oxygen atoms in total. The fourth-order valence-electron chi connectivity index (χ4n) is 1.72. The molecule has 0 atom stereocenters. The molecule has 19 heavy (non-hydrogen) atoms. The summed E-state index contributed by atoms with van der Waals surface area (Å²) in [5.74, 6) is 0.868. The van der Waals surface area contributed by atoms with Crippen molar-refractivity contribution in [3.63, 3.8) is 0 Å². The molecule has 2 aromatic rings. The van der Waals surface area contributed by atoms with E-state index < -0.39 is 0 Å². The van der Waals surface area contributed by atoms with Crippen molar-refractivity contribution in [2.24, 2.45) is 0 Å². The Labute approximate surface area is 119 Å². The highest BCUT2D eigenvalue weighted by molar-refractivity contribution is 9.09. The topological polar surface area (TPSA) is 72.7 Å². The van der Waals surface area contributed by atoms with Gasteiger partial charge >= 0.3 is 0 Å². The van der Waals surface area contributed by atoms with Crippen LogP contribution in [0.1, 0.15) is 17.1 Å². The quantitative estimate of drug-likeness (QED) is 0.876. The average molecular weight is 324 g/mol. The number of anilines is 1. The zero-order chi connectivity index (χ0) is 14.0. The Balaban J connectivity index is 2.46. The van der Waals surface area contributed by atoms with Crippen LogP contribution in [0.25, 0.3) is 5.95 Å². The van der Waals surface area contributed by atoms with Gasteiger partial charge in [-0.1, -0.05) is 15.9 Å². The van der Waals surface area contributed by atoms with Gasteiger partial charge in [-0.15, -0.1) is 0 Å². The summed E-state index contributed by atoms with van der Waals surface area (Å²) in [4.78, 5) is 20.1. The van der Waals surface area contributed by atoms with Crippen molar-refractivity contribution in [2.75, 3.05) is 10.6 Å². The molecular weight excluding hydrogens is 310 g/mol. The van der Waals surface area contributed by atoms with Crippen molar-refractivity contribution in [1.29, 1.82) is 0 Å². The van der Waals surface area contributed by atoms with Crippen molar-refractivity contribution in [1.82, 2.24) is 19.7 Å². The van der Waals surface area contributed by atoms with E-state index in [1.807, 2.05) is 26.8 Å². The maximum absolute atomic E-state index is 11.5. The molecule has 7 heteroatoms. The molecule has 0 aromatic carbocycles. The van der Waals surface area contributed by atoms with Gasteiger partial charge in [0.25, 0.3) is 5.95 Å². The van der Waals surface area contributed by atoms with Crippen molar-refractivity contribution < 1.29 is 4.79 Å². The third-order valence-corrected chi connectivity index (χ3v) is 2.89. The number of hydrogen-bond acceptors (Lipinski definition) is 4. The first-order valence-electron chi connectivity index (χ1n) is 5.74. The molecule has 1 amide bonds. The third-order valence-electron chi connectivity index (χ3n) is 2.38. The lowest BCUT2D eigenvalue weighted by Crippen LogP contribution is -2.17. The van der Waals surface area contributed by atoms with Crippen LogP contribution in [-0.2, 0) is 4.79 Å². The number of aryl methyl sites for hydroxylation is 3. The van der Waals surface area contributed by atoms with E-state index in [9.17, 15) is 4.79 Å². The molecule has 100 valence electrons. The van der Waals surface area contributed by atoms with E-state index in [0.29, 0.717) is 11.8 Å². The van der Waals surface area contributed by atoms with Gasteiger partial charge in [-0.05, 0) is 26.8 Å². The molecule has 0 spiro atoms. The van der Waals surface area contributed by atoms with Gasteiger partial charge in [0.2, 0.25) is 5.91 Å². The monoisotopic (exact) mass is 323 g/mol. The maximum Gasteiger partial charge on any atom is 0.252 e. The first-order chi connectivity index (χ1) is 8.99. The molecule has 2 heterocycles. The summed E-state index contributed by atoms with van der Waals surface area (Å²) in [6, 6.07) is 3.66. The van der Waals surface area contributed by atoms with Gasteiger partial charge in [-0.2, -0.15) is 9.78 Å². The summed E-state index contributed by atoms with van der Waals surface area (Å²) in [6.45, 7) is 5.64. The number of carbonyl (C=O) groups is 1. The number of hydrogen-bond donors (Lipinski definition) is 1. The molecule has 1 N–H and O–H groups in total. The van der Waals surface area contributed by atoms with Gasteiger partial charge in [0.1, 0.15) is 5.82 Å². The second-order valence-electron chi connectivity index (χ2n) is 4.22. The number of carbonyl (C=O) groups excluding carboxylic acids is 1. The molecule has 0 aliphatic carbocycles. The zero-order valence-electron chi connectivity index (χ0n) is 10.9. The van der Waals surface area contributed by atoms with Crippen molar-refractivity contribution in [3.8, 4) is 5.95 Å². The maximum atomic E-state index is 11.5. The van der Waals surface area contributed by atoms with Crippen LogP contribution in [0.15, 0.2) is 12.1 Å². The lowest BCUT2D eigenvalue weighted by molar-refractivity contribution is -0.113. The predicted molar refractivity (Wildman–Crippen MR) is 75.8 cm³/mol. The summed E-state index contributed by atoms with van der Waals surface area (Å²) in [7, 11) is 0. The van der Waals surface area contributed by atoms with Gasteiger partial charge in [0, 0.05) is 17.5 Å². The van der Waals surface area contributed by atoms with Crippen molar-refractivity contribution in [2.45, 2.75) is 20.8 Å². The number of amides is 1. The summed E-state index contributed by atoms with van der Waals surface area (Å²) in [6.07, 6.45) is 0. The molecule has 2 aromatic heterocycles. The van der Waals surface area contributed by atoms with Crippen LogP contribution >= 0.6 is 15.9 Å². The minimum absolute atomic E-state index is 0.148. The van der Waals surface area contributed by atoms with Crippen LogP contribution in [0.4, 0.5) is 5.82 Å². The lowest BCUT2D eigenvalue weighted by atomic mass is 10.4. The summed E-state index contributed by atoms with van der Waals surface area (Å²) in [5.41, 5.74) is 2.49. The highest BCUT2D eigenvalue weighted by Crippen LogP contribution is 2.15. The molecule has 0 unspecified atom stereocenters. The largest absolute Gasteiger partial charge is 0.310 e. The highest BCUT2D eigenvalue weighted by atomic mass is 79.9. The molecule has 0 fully saturated rings. The SMILES string of the molecule is Cc1cc(C)nc(-n2nc(C)cc2NC(=O)CBr)n1. The zero-order valence-corrected chi connectivity index (χ0v) is 12.5. The van der Waals surface area contributed by atoms with Crippen molar-refractivity contribution >= 4 is 27.7 Å². The molecule has 2 rings (SSSR count). The van der Waals surface area contributed by atoms with Gasteiger partial charge < -0.3 is 5.32 Å². The Kier molecular flexibility index (Phi) is 3.94. The summed E-state index contributed by atoms with van der Waals surface area (Å²) >= 11 is 3.11. The van der Waals surface area contributed by atoms with E-state index in [1.165, 1.54) is 4.68 Å². The van der Waals surface area contributed by atoms with E-state index in [2.05, 4.69) is 36.3 Å². The number of rotatable bonds is 3. The van der Waals surface area contributed by atoms with Gasteiger partial charge in [-0.3, -0.25) is 4.79 Å². The van der Waals surface area contributed by atoms with Crippen LogP contribution in [0.3, 0.4) is 0 Å². The molecule has 0 radical (unpaired) electrons. The number of nitrogens with zero attached hydrogens (tertiary/aromatic N) is 4. The second kappa shape index (κ2) is 5.48. The van der Waals surface area contributed by atoms with E-state index in [-0.39, 0.29) is 11.2 Å². The summed E-state index contributed by atoms with van der Waals surface area (Å²) in [5, 5.41) is 7.29. The predicted octanol–water partition coefficient (Wildman–Crippen LogP) is 1.92. The average Bonchev–Trinajstić information content (AvgIpc) is 2.68. The van der Waals surface area contributed by atoms with Crippen LogP contribution in [0.2, 0.25) is 0 Å². The van der Waals surface area contributed by atoms with Gasteiger partial charge in [0.15, 0.2) is 0 Å². The van der Waals surface area contributed by atoms with Crippen LogP contribution in [-0.4, -0.2) is 31.0 Å². The third kappa shape index (κ3) is 3.17. The Morgan fingerprint density at radius 1 is 1.21 bits per heavy atom. The van der Waals surface area contributed by atoms with Crippen molar-refractivity contribution in [3.05, 3.63) is 29.2 Å². The summed E-state index contributed by atoms with van der Waals surface area (Å²) < 4.78 is 1.54. The lowest BCUT2D eigenvalue weighted by Gasteiger charge is -2.07. The van der Waals surface area contributed by atoms with E-state index in [1.54, 1.807) is 6.07 Å². The number of nitrogens with one attached hydrogen (secondary N) is 1. The number of halogens is 1. The minimum Gasteiger partial charge on any atom is -0.310 e. The Morgan fingerprint density at radius 2 is 1.84 bits per heavy atom. The van der Waals surface area contributed by atoms with E-state index in [4.69, 9.17) is 0 Å². The second-order valence-corrected chi connectivity index (χ2v) is 4.78. The highest BCUT2D eigenvalue weighted by Gasteiger charge is 2.12. The van der Waals surface area contributed by atoms with Crippen LogP contribution < -0.4 is 5.32 Å². The molecular formula is C12H14BrN5O. The Bertz CT molecular complexity index is 602. The normalized spacial score (nSPS) is 10.5. The Hall–Kier alpha value is -1.76. The van der Waals surface area contributed by atoms with Crippen LogP contribution in [0.5, 0.6) is 0 Å². The van der Waals surface area contributed by atoms with E-state index in [0.717, 1.165) is 17.1 Å². The fraction of sp³-hybridized carbons (Fsp3) is 0.333. The smallest absolute Gasteiger partial charge is 0.252 e. The molecule has 0 saturated carbocycles. The van der Waals surface area contributed by atoms with Gasteiger partial charge in [0.05, 0.1) is 11.0 Å². The van der Waals surface area contributed by atoms with Crippen LogP contribution in [0, 0.1) is 20.8 Å². The number of alkyl halides is 1. The molecule has 0 aliphatic rings. The van der Waals surface area contributed by atoms with Gasteiger partial charge in [-0.25, -0.2) is 9.97 Å². The fourth-order valence-corrected chi connectivity index (χ4v) is 1.86. The molecule has 0 saturated heterocycles. The minimum atomic E-state index is -0.148. The first-order valence-corrected chi connectivity index (χ1v) is 6.87. The molecule has 0 bridgehead atoms. The standard InChI is InChI=1S/C12H14BrN5O/c1-7-4-8(2)15-12(14-7)18-10(5-9(3)17-18)16-11(19)6-13/h4-5H,6H2,1-3H3,(H,16,19). The molecule has 0 aliphatic heterocycles. The number of aromatic nitrogens is 4. The Morgan fingerprint density at radius 3 is 2.42 bits per heavy atom. The van der Waals surface area contributed by atoms with E-state index >= 15 is 0 Å². The first kappa shape index (κ1) is 13.7.